The third kappa shape index (κ3) is 3.18. The number of hydrogen-bond acceptors (Lipinski definition) is 6. The molecule has 2 heterocycles. The molecular formula is C14H12N4O5S. The van der Waals surface area contributed by atoms with Crippen LogP contribution in [0.25, 0.3) is 0 Å². The molecule has 9 nitrogen and oxygen atoms in total. The number of allylic oxidation sites excluding steroid dienone is 2. The number of rotatable bonds is 3. The number of hydrogen-bond donors (Lipinski definition) is 1. The van der Waals surface area contributed by atoms with Gasteiger partial charge in [-0.15, -0.1) is 4.40 Å². The molecule has 3 rings (SSSR count). The van der Waals surface area contributed by atoms with E-state index in [4.69, 9.17) is 0 Å². The van der Waals surface area contributed by atoms with Gasteiger partial charge >= 0.3 is 0 Å². The number of amides is 1. The second-order valence-electron chi connectivity index (χ2n) is 5.08. The van der Waals surface area contributed by atoms with E-state index < -0.39 is 20.9 Å². The smallest absolute Gasteiger partial charge is 0.271 e. The van der Waals surface area contributed by atoms with Crippen LogP contribution in [-0.2, 0) is 14.8 Å². The van der Waals surface area contributed by atoms with Crippen LogP contribution >= 0.6 is 0 Å². The normalized spacial score (nSPS) is 18.2. The van der Waals surface area contributed by atoms with Crippen LogP contribution in [0.2, 0.25) is 0 Å². The van der Waals surface area contributed by atoms with Crippen molar-refractivity contribution in [2.75, 3.05) is 17.6 Å². The van der Waals surface area contributed by atoms with E-state index in [1.165, 1.54) is 30.3 Å². The summed E-state index contributed by atoms with van der Waals surface area (Å²) in [5.41, 5.74) is 0.146. The molecule has 0 bridgehead atoms. The van der Waals surface area contributed by atoms with Crippen LogP contribution < -0.4 is 5.32 Å². The van der Waals surface area contributed by atoms with E-state index in [1.54, 1.807) is 17.2 Å². The van der Waals surface area contributed by atoms with E-state index in [9.17, 15) is 23.3 Å². The Morgan fingerprint density at radius 2 is 2.17 bits per heavy atom. The van der Waals surface area contributed by atoms with E-state index in [1.807, 2.05) is 0 Å². The third-order valence-electron chi connectivity index (χ3n) is 3.42. The molecule has 2 aliphatic heterocycles. The largest absolute Gasteiger partial charge is 0.331 e. The Morgan fingerprint density at radius 3 is 2.92 bits per heavy atom. The van der Waals surface area contributed by atoms with E-state index in [-0.39, 0.29) is 35.1 Å². The Labute approximate surface area is 137 Å². The molecular weight excluding hydrogens is 336 g/mol. The van der Waals surface area contributed by atoms with Gasteiger partial charge in [-0.1, -0.05) is 6.07 Å². The van der Waals surface area contributed by atoms with E-state index in [0.29, 0.717) is 0 Å². The maximum absolute atomic E-state index is 12.4. The number of non-ortho nitro benzene ring substituents is 1. The molecule has 1 aromatic carbocycles. The average Bonchev–Trinajstić information content (AvgIpc) is 2.53. The van der Waals surface area contributed by atoms with Gasteiger partial charge < -0.3 is 10.2 Å². The number of amidine groups is 1. The van der Waals surface area contributed by atoms with Crippen LogP contribution in [0.1, 0.15) is 0 Å². The quantitative estimate of drug-likeness (QED) is 0.643. The SMILES string of the molecule is O=C(Nc1cccc([N+](=O)[O-])c1)C1=CC=CN2CCS(=O)(=O)N=C12. The fourth-order valence-corrected chi connectivity index (χ4v) is 3.27. The highest BCUT2D eigenvalue weighted by atomic mass is 32.2. The zero-order valence-corrected chi connectivity index (χ0v) is 13.1. The molecule has 1 N–H and O–H groups in total. The summed E-state index contributed by atoms with van der Waals surface area (Å²) in [6.07, 6.45) is 4.69. The molecule has 124 valence electrons. The molecule has 0 saturated carbocycles. The number of anilines is 1. The van der Waals surface area contributed by atoms with Gasteiger partial charge in [0.2, 0.25) is 0 Å². The second kappa shape index (κ2) is 5.89. The zero-order valence-electron chi connectivity index (χ0n) is 12.2. The topological polar surface area (TPSA) is 122 Å². The van der Waals surface area contributed by atoms with Gasteiger partial charge in [-0.25, -0.2) is 8.42 Å². The molecule has 0 unspecified atom stereocenters. The van der Waals surface area contributed by atoms with Gasteiger partial charge in [-0.3, -0.25) is 14.9 Å². The molecule has 0 saturated heterocycles. The van der Waals surface area contributed by atoms with Crippen LogP contribution in [0.5, 0.6) is 0 Å². The van der Waals surface area contributed by atoms with Crippen molar-refractivity contribution in [3.63, 3.8) is 0 Å². The highest BCUT2D eigenvalue weighted by Gasteiger charge is 2.30. The predicted octanol–water partition coefficient (Wildman–Crippen LogP) is 1.03. The van der Waals surface area contributed by atoms with Gasteiger partial charge in [0, 0.05) is 30.6 Å². The van der Waals surface area contributed by atoms with Crippen LogP contribution in [0.3, 0.4) is 0 Å². The highest BCUT2D eigenvalue weighted by Crippen LogP contribution is 2.21. The summed E-state index contributed by atoms with van der Waals surface area (Å²) in [5.74, 6) is -0.673. The Hall–Kier alpha value is -3.01. The van der Waals surface area contributed by atoms with Gasteiger partial charge in [0.1, 0.15) is 0 Å². The first-order valence-electron chi connectivity index (χ1n) is 6.90. The first kappa shape index (κ1) is 15.9. The van der Waals surface area contributed by atoms with Crippen molar-refractivity contribution in [2.24, 2.45) is 4.40 Å². The lowest BCUT2D eigenvalue weighted by atomic mass is 10.1. The van der Waals surface area contributed by atoms with Crippen LogP contribution in [0.15, 0.2) is 52.6 Å². The summed E-state index contributed by atoms with van der Waals surface area (Å²) in [6, 6.07) is 5.46. The van der Waals surface area contributed by atoms with Crippen molar-refractivity contribution in [1.82, 2.24) is 4.90 Å². The van der Waals surface area contributed by atoms with Crippen LogP contribution in [-0.4, -0.2) is 42.3 Å². The molecule has 24 heavy (non-hydrogen) atoms. The number of fused-ring (bicyclic) bond motifs is 1. The van der Waals surface area contributed by atoms with Gasteiger partial charge in [0.15, 0.2) is 5.84 Å². The second-order valence-corrected chi connectivity index (χ2v) is 6.83. The lowest BCUT2D eigenvalue weighted by molar-refractivity contribution is -0.384. The number of benzene rings is 1. The minimum absolute atomic E-state index is 0.0479. The minimum Gasteiger partial charge on any atom is -0.331 e. The van der Waals surface area contributed by atoms with Crippen molar-refractivity contribution in [1.29, 1.82) is 0 Å². The Balaban J connectivity index is 1.88. The van der Waals surface area contributed by atoms with Gasteiger partial charge in [-0.2, -0.15) is 0 Å². The summed E-state index contributed by atoms with van der Waals surface area (Å²) in [5, 5.41) is 13.3. The Morgan fingerprint density at radius 1 is 1.38 bits per heavy atom. The molecule has 2 aliphatic rings. The first-order chi connectivity index (χ1) is 11.4. The number of carbonyl (C=O) groups is 1. The van der Waals surface area contributed by atoms with Crippen molar-refractivity contribution >= 4 is 33.1 Å². The van der Waals surface area contributed by atoms with Gasteiger partial charge in [-0.05, 0) is 18.2 Å². The number of nitro groups is 1. The molecule has 10 heteroatoms. The predicted molar refractivity (Wildman–Crippen MR) is 86.9 cm³/mol. The maximum atomic E-state index is 12.4. The maximum Gasteiger partial charge on any atom is 0.271 e. The average molecular weight is 348 g/mol. The van der Waals surface area contributed by atoms with Gasteiger partial charge in [0.05, 0.1) is 16.2 Å². The fraction of sp³-hybridized carbons (Fsp3) is 0.143. The molecule has 0 fully saturated rings. The van der Waals surface area contributed by atoms with Crippen LogP contribution in [0.4, 0.5) is 11.4 Å². The molecule has 0 radical (unpaired) electrons. The lowest BCUT2D eigenvalue weighted by Crippen LogP contribution is -2.40. The van der Waals surface area contributed by atoms with E-state index >= 15 is 0 Å². The molecule has 0 aromatic heterocycles. The van der Waals surface area contributed by atoms with Crippen molar-refractivity contribution in [2.45, 2.75) is 0 Å². The minimum atomic E-state index is -3.61. The highest BCUT2D eigenvalue weighted by molar-refractivity contribution is 7.90. The number of nitrogens with one attached hydrogen (secondary N) is 1. The monoisotopic (exact) mass is 348 g/mol. The van der Waals surface area contributed by atoms with E-state index in [0.717, 1.165) is 0 Å². The molecule has 0 atom stereocenters. The first-order valence-corrected chi connectivity index (χ1v) is 8.50. The molecule has 0 aliphatic carbocycles. The number of carbonyl (C=O) groups excluding carboxylic acids is 1. The lowest BCUT2D eigenvalue weighted by Gasteiger charge is -2.28. The number of sulfonamides is 1. The zero-order chi connectivity index (χ0) is 17.3. The third-order valence-corrected chi connectivity index (χ3v) is 4.57. The number of nitro benzene ring substituents is 1. The molecule has 1 aromatic rings. The summed E-state index contributed by atoms with van der Waals surface area (Å²) < 4.78 is 27.0. The summed E-state index contributed by atoms with van der Waals surface area (Å²) in [7, 11) is -3.61. The van der Waals surface area contributed by atoms with Crippen molar-refractivity contribution in [3.8, 4) is 0 Å². The standard InChI is InChI=1S/C14H12N4O5S/c19-14(15-10-3-1-4-11(9-10)18(20)21)12-5-2-6-17-7-8-24(22,23)16-13(12)17/h1-6,9H,7-8H2,(H,15,19). The molecule has 1 amide bonds. The summed E-state index contributed by atoms with van der Waals surface area (Å²) >= 11 is 0. The van der Waals surface area contributed by atoms with Crippen molar-refractivity contribution < 1.29 is 18.1 Å². The Bertz CT molecular complexity index is 917. The van der Waals surface area contributed by atoms with Gasteiger partial charge in [0.25, 0.3) is 21.6 Å². The number of nitrogens with zero attached hydrogens (tertiary/aromatic N) is 3. The van der Waals surface area contributed by atoms with Crippen molar-refractivity contribution in [3.05, 3.63) is 58.3 Å². The molecule has 0 spiro atoms. The summed E-state index contributed by atoms with van der Waals surface area (Å²) in [4.78, 5) is 24.2. The fourth-order valence-electron chi connectivity index (χ4n) is 2.29. The van der Waals surface area contributed by atoms with E-state index in [2.05, 4.69) is 9.71 Å². The Kier molecular flexibility index (Phi) is 3.89. The van der Waals surface area contributed by atoms with Crippen LogP contribution in [0, 0.1) is 10.1 Å². The summed E-state index contributed by atoms with van der Waals surface area (Å²) in [6.45, 7) is 0.207.